The van der Waals surface area contributed by atoms with Crippen molar-refractivity contribution in [2.24, 2.45) is 4.99 Å². The molecule has 2 rings (SSSR count). The molecule has 9 heteroatoms. The Morgan fingerprint density at radius 1 is 1.11 bits per heavy atom. The molecule has 1 saturated carbocycles. The smallest absolute Gasteiger partial charge is 0.243 e. The van der Waals surface area contributed by atoms with Gasteiger partial charge >= 0.3 is 0 Å². The lowest BCUT2D eigenvalue weighted by molar-refractivity contribution is -0.127. The first-order valence-electron chi connectivity index (χ1n) is 9.40. The van der Waals surface area contributed by atoms with Gasteiger partial charge in [0.05, 0.1) is 12.1 Å². The molecule has 1 heterocycles. The van der Waals surface area contributed by atoms with Gasteiger partial charge in [0.25, 0.3) is 0 Å². The van der Waals surface area contributed by atoms with E-state index >= 15 is 0 Å². The molecule has 1 saturated heterocycles. The molecule has 1 spiro atoms. The van der Waals surface area contributed by atoms with Gasteiger partial charge in [-0.25, -0.2) is 4.99 Å². The Kier molecular flexibility index (Phi) is 9.78. The number of guanidine groups is 1. The zero-order valence-electron chi connectivity index (χ0n) is 16.9. The summed E-state index contributed by atoms with van der Waals surface area (Å²) >= 11 is 0. The number of nitrogens with zero attached hydrogens (tertiary/aromatic N) is 3. The number of ether oxygens (including phenoxy) is 1. The summed E-state index contributed by atoms with van der Waals surface area (Å²) in [6, 6.07) is 0.233. The average molecular weight is 495 g/mol. The molecule has 1 atom stereocenters. The first-order chi connectivity index (χ1) is 12.3. The van der Waals surface area contributed by atoms with Gasteiger partial charge in [0.15, 0.2) is 5.96 Å². The van der Waals surface area contributed by atoms with Crippen molar-refractivity contribution < 1.29 is 14.3 Å². The molecule has 2 N–H and O–H groups in total. The highest BCUT2D eigenvalue weighted by Crippen LogP contribution is 2.39. The second kappa shape index (κ2) is 11.0. The molecule has 2 aliphatic rings. The molecule has 8 nitrogen and oxygen atoms in total. The van der Waals surface area contributed by atoms with E-state index in [0.717, 1.165) is 32.3 Å². The lowest BCUT2D eigenvalue weighted by Gasteiger charge is -2.39. The quantitative estimate of drug-likeness (QED) is 0.335. The number of halogens is 1. The number of rotatable bonds is 5. The Hall–Kier alpha value is -1.10. The Labute approximate surface area is 179 Å². The normalized spacial score (nSPS) is 21.3. The summed E-state index contributed by atoms with van der Waals surface area (Å²) in [6.45, 7) is 0.925. The first-order valence-corrected chi connectivity index (χ1v) is 9.40. The number of amides is 2. The minimum absolute atomic E-state index is 0. The SMILES string of the molecule is CN(C)C(=O)CN=C(NCC(=O)N(C)C)NC1CCOC2(CCCC2)C1.I. The summed E-state index contributed by atoms with van der Waals surface area (Å²) in [5.74, 6) is 0.386. The van der Waals surface area contributed by atoms with Gasteiger partial charge in [-0.2, -0.15) is 0 Å². The molecule has 156 valence electrons. The number of aliphatic imine (C=N–C) groups is 1. The maximum atomic E-state index is 11.9. The topological polar surface area (TPSA) is 86.3 Å². The van der Waals surface area contributed by atoms with Crippen molar-refractivity contribution in [3.05, 3.63) is 0 Å². The Morgan fingerprint density at radius 3 is 2.33 bits per heavy atom. The minimum Gasteiger partial charge on any atom is -0.375 e. The summed E-state index contributed by atoms with van der Waals surface area (Å²) in [5, 5.41) is 6.47. The third-order valence-electron chi connectivity index (χ3n) is 5.13. The molecular formula is C18H34IN5O3. The van der Waals surface area contributed by atoms with E-state index in [2.05, 4.69) is 15.6 Å². The van der Waals surface area contributed by atoms with Crippen LogP contribution >= 0.6 is 24.0 Å². The van der Waals surface area contributed by atoms with Gasteiger partial charge in [-0.3, -0.25) is 9.59 Å². The van der Waals surface area contributed by atoms with E-state index in [4.69, 9.17) is 4.74 Å². The predicted molar refractivity (Wildman–Crippen MR) is 116 cm³/mol. The van der Waals surface area contributed by atoms with Crippen LogP contribution in [0.2, 0.25) is 0 Å². The van der Waals surface area contributed by atoms with Gasteiger partial charge in [-0.15, -0.1) is 24.0 Å². The van der Waals surface area contributed by atoms with Crippen LogP contribution in [0, 0.1) is 0 Å². The van der Waals surface area contributed by atoms with Crippen LogP contribution in [0.25, 0.3) is 0 Å². The lowest BCUT2D eigenvalue weighted by Crippen LogP contribution is -2.52. The van der Waals surface area contributed by atoms with Crippen molar-refractivity contribution >= 4 is 41.8 Å². The van der Waals surface area contributed by atoms with E-state index in [1.54, 1.807) is 28.2 Å². The van der Waals surface area contributed by atoms with E-state index in [9.17, 15) is 9.59 Å². The summed E-state index contributed by atoms with van der Waals surface area (Å²) in [5.41, 5.74) is -0.0000613. The standard InChI is InChI=1S/C18H33N5O3.HI/c1-22(2)15(24)12-19-17(20-13-16(25)23(3)4)21-14-7-10-26-18(11-14)8-5-6-9-18;/h14H,5-13H2,1-4H3,(H2,19,20,21);1H. The van der Waals surface area contributed by atoms with Crippen molar-refractivity contribution in [3.63, 3.8) is 0 Å². The zero-order chi connectivity index (χ0) is 19.2. The van der Waals surface area contributed by atoms with Crippen molar-refractivity contribution in [1.29, 1.82) is 0 Å². The average Bonchev–Trinajstić information content (AvgIpc) is 3.03. The maximum absolute atomic E-state index is 11.9. The number of carbonyl (C=O) groups is 2. The number of likely N-dealkylation sites (N-methyl/N-ethyl adjacent to an activating group) is 2. The molecule has 1 aliphatic heterocycles. The van der Waals surface area contributed by atoms with E-state index < -0.39 is 0 Å². The number of nitrogens with one attached hydrogen (secondary N) is 2. The Morgan fingerprint density at radius 2 is 1.74 bits per heavy atom. The van der Waals surface area contributed by atoms with E-state index in [1.165, 1.54) is 22.6 Å². The largest absolute Gasteiger partial charge is 0.375 e. The van der Waals surface area contributed by atoms with E-state index in [0.29, 0.717) is 5.96 Å². The Balaban J connectivity index is 0.00000364. The summed E-state index contributed by atoms with van der Waals surface area (Å²) < 4.78 is 6.08. The molecule has 0 bridgehead atoms. The molecule has 0 aromatic heterocycles. The van der Waals surface area contributed by atoms with Crippen molar-refractivity contribution in [1.82, 2.24) is 20.4 Å². The Bertz CT molecular complexity index is 533. The number of hydrogen-bond donors (Lipinski definition) is 2. The molecule has 1 aliphatic carbocycles. The third-order valence-corrected chi connectivity index (χ3v) is 5.13. The highest BCUT2D eigenvalue weighted by Gasteiger charge is 2.40. The van der Waals surface area contributed by atoms with Crippen LogP contribution in [0.5, 0.6) is 0 Å². The van der Waals surface area contributed by atoms with E-state index in [1.807, 2.05) is 0 Å². The van der Waals surface area contributed by atoms with E-state index in [-0.39, 0.29) is 60.5 Å². The van der Waals surface area contributed by atoms with Crippen LogP contribution in [-0.4, -0.2) is 87.1 Å². The van der Waals surface area contributed by atoms with Crippen LogP contribution in [0.4, 0.5) is 0 Å². The predicted octanol–water partition coefficient (Wildman–Crippen LogP) is 0.808. The fourth-order valence-corrected chi connectivity index (χ4v) is 3.47. The van der Waals surface area contributed by atoms with Crippen LogP contribution < -0.4 is 10.6 Å². The first kappa shape index (κ1) is 23.9. The monoisotopic (exact) mass is 495 g/mol. The van der Waals surface area contributed by atoms with Crippen LogP contribution in [-0.2, 0) is 14.3 Å². The fraction of sp³-hybridized carbons (Fsp3) is 0.833. The lowest BCUT2D eigenvalue weighted by atomic mass is 9.89. The maximum Gasteiger partial charge on any atom is 0.243 e. The van der Waals surface area contributed by atoms with Gasteiger partial charge in [-0.05, 0) is 25.7 Å². The van der Waals surface area contributed by atoms with Gasteiger partial charge in [-0.1, -0.05) is 12.8 Å². The second-order valence-corrected chi connectivity index (χ2v) is 7.67. The summed E-state index contributed by atoms with van der Waals surface area (Å²) in [6.07, 6.45) is 6.51. The molecular weight excluding hydrogens is 461 g/mol. The molecule has 2 amide bonds. The molecule has 2 fully saturated rings. The molecule has 1 unspecified atom stereocenters. The van der Waals surface area contributed by atoms with Crippen molar-refractivity contribution in [2.75, 3.05) is 47.9 Å². The molecule has 0 aromatic rings. The zero-order valence-corrected chi connectivity index (χ0v) is 19.2. The van der Waals surface area contributed by atoms with Crippen molar-refractivity contribution in [2.45, 2.75) is 50.2 Å². The fourth-order valence-electron chi connectivity index (χ4n) is 3.47. The second-order valence-electron chi connectivity index (χ2n) is 7.67. The summed E-state index contributed by atoms with van der Waals surface area (Å²) in [7, 11) is 6.84. The van der Waals surface area contributed by atoms with Crippen LogP contribution in [0.15, 0.2) is 4.99 Å². The third kappa shape index (κ3) is 7.44. The number of carbonyl (C=O) groups excluding carboxylic acids is 2. The van der Waals surface area contributed by atoms with Gasteiger partial charge in [0, 0.05) is 40.8 Å². The number of hydrogen-bond acceptors (Lipinski definition) is 4. The van der Waals surface area contributed by atoms with Crippen LogP contribution in [0.1, 0.15) is 38.5 Å². The van der Waals surface area contributed by atoms with Crippen LogP contribution in [0.3, 0.4) is 0 Å². The highest BCUT2D eigenvalue weighted by atomic mass is 127. The summed E-state index contributed by atoms with van der Waals surface area (Å²) in [4.78, 5) is 31.1. The van der Waals surface area contributed by atoms with Gasteiger partial charge in [0.1, 0.15) is 6.54 Å². The molecule has 27 heavy (non-hydrogen) atoms. The molecule has 0 radical (unpaired) electrons. The minimum atomic E-state index is -0.0794. The highest BCUT2D eigenvalue weighted by molar-refractivity contribution is 14.0. The van der Waals surface area contributed by atoms with Gasteiger partial charge < -0.3 is 25.2 Å². The van der Waals surface area contributed by atoms with Crippen molar-refractivity contribution in [3.8, 4) is 0 Å². The van der Waals surface area contributed by atoms with Gasteiger partial charge in [0.2, 0.25) is 11.8 Å². The molecule has 0 aromatic carbocycles.